The zero-order valence-electron chi connectivity index (χ0n) is 9.65. The van der Waals surface area contributed by atoms with Crippen LogP contribution in [0, 0.1) is 5.21 Å². The van der Waals surface area contributed by atoms with Crippen LogP contribution in [0.4, 0.5) is 0 Å². The standard InChI is InChI=1S/C13H11N3O.H2O/c17-16-13-9-5-4-8-12(13)15(14-16)10-11-6-2-1-3-7-11;/h1-9H,10H2;1H2. The van der Waals surface area contributed by atoms with Crippen LogP contribution in [0.2, 0.25) is 0 Å². The molecular formula is C13H13N3O2. The molecule has 92 valence electrons. The van der Waals surface area contributed by atoms with E-state index in [1.54, 1.807) is 10.7 Å². The predicted octanol–water partition coefficient (Wildman–Crippen LogP) is 0.893. The first-order chi connectivity index (χ1) is 8.34. The molecule has 0 saturated heterocycles. The van der Waals surface area contributed by atoms with Crippen molar-refractivity contribution in [1.82, 2.24) is 9.90 Å². The second kappa shape index (κ2) is 4.85. The van der Waals surface area contributed by atoms with Crippen LogP contribution in [-0.4, -0.2) is 15.4 Å². The summed E-state index contributed by atoms with van der Waals surface area (Å²) in [4.78, 5) is 0.665. The highest BCUT2D eigenvalue weighted by atomic mass is 16.5. The van der Waals surface area contributed by atoms with Crippen molar-refractivity contribution in [1.29, 1.82) is 0 Å². The second-order valence-electron chi connectivity index (χ2n) is 3.89. The topological polar surface area (TPSA) is 76.3 Å². The number of nitrogens with zero attached hydrogens (tertiary/aromatic N) is 3. The minimum absolute atomic E-state index is 0. The zero-order valence-corrected chi connectivity index (χ0v) is 9.65. The Hall–Kier alpha value is -2.40. The molecule has 0 radical (unpaired) electrons. The summed E-state index contributed by atoms with van der Waals surface area (Å²) in [5.41, 5.74) is 2.58. The van der Waals surface area contributed by atoms with E-state index in [0.717, 1.165) is 11.1 Å². The maximum atomic E-state index is 11.6. The van der Waals surface area contributed by atoms with Gasteiger partial charge in [0, 0.05) is 0 Å². The lowest BCUT2D eigenvalue weighted by molar-refractivity contribution is -0.646. The van der Waals surface area contributed by atoms with E-state index < -0.39 is 0 Å². The fourth-order valence-electron chi connectivity index (χ4n) is 1.91. The van der Waals surface area contributed by atoms with Gasteiger partial charge in [0.25, 0.3) is 0 Å². The van der Waals surface area contributed by atoms with Crippen LogP contribution in [-0.2, 0) is 6.54 Å². The minimum atomic E-state index is 0. The molecule has 5 heteroatoms. The Morgan fingerprint density at radius 2 is 1.67 bits per heavy atom. The van der Waals surface area contributed by atoms with Gasteiger partial charge in [-0.25, -0.2) is 0 Å². The first kappa shape index (κ1) is 12.1. The van der Waals surface area contributed by atoms with Crippen molar-refractivity contribution in [2.24, 2.45) is 0 Å². The van der Waals surface area contributed by atoms with Gasteiger partial charge in [-0.05, 0) is 17.7 Å². The molecule has 0 fully saturated rings. The summed E-state index contributed by atoms with van der Waals surface area (Å²) in [6.07, 6.45) is 0. The van der Waals surface area contributed by atoms with E-state index in [0.29, 0.717) is 16.9 Å². The molecule has 2 N–H and O–H groups in total. The van der Waals surface area contributed by atoms with Gasteiger partial charge in [0.1, 0.15) is 6.54 Å². The monoisotopic (exact) mass is 243 g/mol. The molecule has 0 aliphatic rings. The first-order valence-corrected chi connectivity index (χ1v) is 5.44. The second-order valence-corrected chi connectivity index (χ2v) is 3.89. The van der Waals surface area contributed by atoms with Gasteiger partial charge in [-0.2, -0.15) is 0 Å². The normalized spacial score (nSPS) is 10.2. The number of benzene rings is 2. The molecule has 0 amide bonds. The molecule has 0 bridgehead atoms. The van der Waals surface area contributed by atoms with Gasteiger partial charge in [0.05, 0.1) is 5.21 Å². The third-order valence-corrected chi connectivity index (χ3v) is 2.73. The maximum Gasteiger partial charge on any atom is 0.202 e. The first-order valence-electron chi connectivity index (χ1n) is 5.44. The van der Waals surface area contributed by atoms with Crippen molar-refractivity contribution < 1.29 is 10.3 Å². The van der Waals surface area contributed by atoms with Gasteiger partial charge in [0.15, 0.2) is 5.52 Å². The number of hydrogen-bond donors (Lipinski definition) is 0. The number of hydrogen-bond acceptors (Lipinski definition) is 2. The quantitative estimate of drug-likeness (QED) is 0.495. The Balaban J connectivity index is 0.00000120. The molecule has 0 saturated carbocycles. The molecule has 1 aromatic heterocycles. The SMILES string of the molecule is O.[O-][n+]1nn(Cc2ccccc2)c2ccccc21. The summed E-state index contributed by atoms with van der Waals surface area (Å²) in [6.45, 7) is 0.608. The van der Waals surface area contributed by atoms with E-state index >= 15 is 0 Å². The van der Waals surface area contributed by atoms with Gasteiger partial charge in [-0.3, -0.25) is 0 Å². The molecule has 3 rings (SSSR count). The average Bonchev–Trinajstić information content (AvgIpc) is 2.69. The average molecular weight is 243 g/mol. The lowest BCUT2D eigenvalue weighted by Gasteiger charge is -1.95. The van der Waals surface area contributed by atoms with E-state index in [1.807, 2.05) is 48.5 Å². The highest BCUT2D eigenvalue weighted by Crippen LogP contribution is 2.10. The molecule has 1 heterocycles. The van der Waals surface area contributed by atoms with Crippen LogP contribution in [0.5, 0.6) is 0 Å². The fraction of sp³-hybridized carbons (Fsp3) is 0.0769. The van der Waals surface area contributed by atoms with E-state index in [1.165, 1.54) is 0 Å². The Morgan fingerprint density at radius 1 is 1.00 bits per heavy atom. The number of rotatable bonds is 2. The summed E-state index contributed by atoms with van der Waals surface area (Å²) in [5, 5.41) is 15.5. The molecule has 18 heavy (non-hydrogen) atoms. The van der Waals surface area contributed by atoms with Gasteiger partial charge in [0.2, 0.25) is 5.52 Å². The Morgan fingerprint density at radius 3 is 2.44 bits per heavy atom. The van der Waals surface area contributed by atoms with E-state index in [-0.39, 0.29) is 5.48 Å². The van der Waals surface area contributed by atoms with Crippen LogP contribution in [0.25, 0.3) is 11.0 Å². The summed E-state index contributed by atoms with van der Waals surface area (Å²) in [6, 6.07) is 17.4. The van der Waals surface area contributed by atoms with Crippen LogP contribution in [0.3, 0.4) is 0 Å². The van der Waals surface area contributed by atoms with Crippen molar-refractivity contribution in [2.75, 3.05) is 0 Å². The maximum absolute atomic E-state index is 11.6. The molecule has 3 aromatic rings. The highest BCUT2D eigenvalue weighted by molar-refractivity contribution is 5.70. The summed E-state index contributed by atoms with van der Waals surface area (Å²) in [5.74, 6) is 0. The van der Waals surface area contributed by atoms with Crippen molar-refractivity contribution in [2.45, 2.75) is 6.54 Å². The predicted molar refractivity (Wildman–Crippen MR) is 67.9 cm³/mol. The number of para-hydroxylation sites is 2. The molecule has 2 aromatic carbocycles. The van der Waals surface area contributed by atoms with E-state index in [2.05, 4.69) is 5.21 Å². The van der Waals surface area contributed by atoms with Gasteiger partial charge in [-0.15, -0.1) is 9.53 Å². The fourth-order valence-corrected chi connectivity index (χ4v) is 1.91. The molecular weight excluding hydrogens is 230 g/mol. The molecule has 0 spiro atoms. The Kier molecular flexibility index (Phi) is 3.25. The van der Waals surface area contributed by atoms with E-state index in [4.69, 9.17) is 0 Å². The molecule has 0 aliphatic carbocycles. The minimum Gasteiger partial charge on any atom is -0.691 e. The van der Waals surface area contributed by atoms with Crippen LogP contribution in [0.15, 0.2) is 54.6 Å². The third-order valence-electron chi connectivity index (χ3n) is 2.73. The van der Waals surface area contributed by atoms with Crippen LogP contribution >= 0.6 is 0 Å². The highest BCUT2D eigenvalue weighted by Gasteiger charge is 2.13. The molecule has 0 atom stereocenters. The van der Waals surface area contributed by atoms with Gasteiger partial charge < -0.3 is 10.7 Å². The van der Waals surface area contributed by atoms with Crippen molar-refractivity contribution in [3.05, 3.63) is 65.4 Å². The smallest absolute Gasteiger partial charge is 0.202 e. The zero-order chi connectivity index (χ0) is 11.7. The number of aromatic nitrogens is 3. The summed E-state index contributed by atoms with van der Waals surface area (Å²) < 4.78 is 1.72. The van der Waals surface area contributed by atoms with Gasteiger partial charge >= 0.3 is 0 Å². The molecule has 0 aliphatic heterocycles. The Labute approximate surface area is 104 Å². The summed E-state index contributed by atoms with van der Waals surface area (Å²) in [7, 11) is 0. The van der Waals surface area contributed by atoms with Gasteiger partial charge in [-0.1, -0.05) is 42.5 Å². The van der Waals surface area contributed by atoms with Crippen LogP contribution < -0.4 is 4.85 Å². The molecule has 0 unspecified atom stereocenters. The number of fused-ring (bicyclic) bond motifs is 1. The largest absolute Gasteiger partial charge is 0.691 e. The Bertz CT molecular complexity index is 650. The van der Waals surface area contributed by atoms with E-state index in [9.17, 15) is 5.21 Å². The van der Waals surface area contributed by atoms with Crippen LogP contribution in [0.1, 0.15) is 5.56 Å². The lowest BCUT2D eigenvalue weighted by Crippen LogP contribution is -2.29. The van der Waals surface area contributed by atoms with Crippen molar-refractivity contribution >= 4 is 11.0 Å². The van der Waals surface area contributed by atoms with Crippen molar-refractivity contribution in [3.8, 4) is 0 Å². The third kappa shape index (κ3) is 2.03. The lowest BCUT2D eigenvalue weighted by atomic mass is 10.2. The summed E-state index contributed by atoms with van der Waals surface area (Å²) >= 11 is 0. The van der Waals surface area contributed by atoms with Crippen molar-refractivity contribution in [3.63, 3.8) is 0 Å². The molecule has 5 nitrogen and oxygen atoms in total.